The predicted molar refractivity (Wildman–Crippen MR) is 120 cm³/mol. The number of nitrogens with zero attached hydrogens (tertiary/aromatic N) is 1. The molecule has 0 bridgehead atoms. The van der Waals surface area contributed by atoms with E-state index in [0.29, 0.717) is 24.1 Å². The van der Waals surface area contributed by atoms with Gasteiger partial charge in [0.15, 0.2) is 0 Å². The SMILES string of the molecule is COCCOC(=O)c1c(C)n(Cc2ccc(OC)cc2)c2c1cc(O)c1ccccc12. The summed E-state index contributed by atoms with van der Waals surface area (Å²) in [5.74, 6) is 0.494. The molecule has 6 heteroatoms. The molecule has 0 amide bonds. The zero-order valence-electron chi connectivity index (χ0n) is 17.8. The van der Waals surface area contributed by atoms with E-state index in [1.807, 2.05) is 55.5 Å². The molecule has 0 spiro atoms. The van der Waals surface area contributed by atoms with Crippen LogP contribution in [0.15, 0.2) is 54.6 Å². The maximum absolute atomic E-state index is 13.0. The van der Waals surface area contributed by atoms with Gasteiger partial charge in [-0.2, -0.15) is 0 Å². The van der Waals surface area contributed by atoms with E-state index < -0.39 is 5.97 Å². The number of rotatable bonds is 7. The van der Waals surface area contributed by atoms with Crippen molar-refractivity contribution in [3.63, 3.8) is 0 Å². The van der Waals surface area contributed by atoms with Crippen LogP contribution in [0, 0.1) is 6.92 Å². The highest BCUT2D eigenvalue weighted by Crippen LogP contribution is 2.38. The Balaban J connectivity index is 1.91. The van der Waals surface area contributed by atoms with Gasteiger partial charge in [-0.3, -0.25) is 0 Å². The second-order valence-electron chi connectivity index (χ2n) is 7.36. The van der Waals surface area contributed by atoms with Crippen molar-refractivity contribution in [3.05, 3.63) is 71.4 Å². The fourth-order valence-electron chi connectivity index (χ4n) is 3.98. The molecule has 1 aromatic heterocycles. The molecule has 0 aliphatic heterocycles. The lowest BCUT2D eigenvalue weighted by molar-refractivity contribution is 0.0389. The number of methoxy groups -OCH3 is 2. The Hall–Kier alpha value is -3.51. The monoisotopic (exact) mass is 419 g/mol. The Kier molecular flexibility index (Phi) is 5.82. The number of aromatic nitrogens is 1. The number of carbonyl (C=O) groups excluding carboxylic acids is 1. The third-order valence-electron chi connectivity index (χ3n) is 5.52. The van der Waals surface area contributed by atoms with Gasteiger partial charge < -0.3 is 23.9 Å². The predicted octanol–water partition coefficient (Wildman–Crippen LogP) is 4.67. The molecule has 0 fully saturated rings. The highest BCUT2D eigenvalue weighted by atomic mass is 16.6. The summed E-state index contributed by atoms with van der Waals surface area (Å²) in [6.07, 6.45) is 0. The van der Waals surface area contributed by atoms with Crippen molar-refractivity contribution in [2.24, 2.45) is 0 Å². The summed E-state index contributed by atoms with van der Waals surface area (Å²) >= 11 is 0. The average Bonchev–Trinajstić information content (AvgIpc) is 3.05. The molecule has 31 heavy (non-hydrogen) atoms. The number of hydrogen-bond acceptors (Lipinski definition) is 5. The van der Waals surface area contributed by atoms with Crippen molar-refractivity contribution in [2.75, 3.05) is 27.4 Å². The lowest BCUT2D eigenvalue weighted by Gasteiger charge is -2.12. The summed E-state index contributed by atoms with van der Waals surface area (Å²) in [5.41, 5.74) is 3.20. The molecular weight excluding hydrogens is 394 g/mol. The molecule has 4 rings (SSSR count). The standard InChI is InChI=1S/C25H25NO5/c1-16-23(25(28)31-13-12-29-2)21-14-22(27)19-6-4-5-7-20(19)24(21)26(16)15-17-8-10-18(30-3)11-9-17/h4-11,14,27H,12-13,15H2,1-3H3. The van der Waals surface area contributed by atoms with Crippen LogP contribution < -0.4 is 4.74 Å². The molecule has 0 unspecified atom stereocenters. The summed E-state index contributed by atoms with van der Waals surface area (Å²) < 4.78 is 17.8. The van der Waals surface area contributed by atoms with E-state index >= 15 is 0 Å². The van der Waals surface area contributed by atoms with Crippen molar-refractivity contribution in [1.82, 2.24) is 4.57 Å². The Morgan fingerprint density at radius 1 is 0.968 bits per heavy atom. The lowest BCUT2D eigenvalue weighted by Crippen LogP contribution is -2.11. The second-order valence-corrected chi connectivity index (χ2v) is 7.36. The smallest absolute Gasteiger partial charge is 0.340 e. The Labute approximate surface area is 180 Å². The molecule has 0 atom stereocenters. The zero-order chi connectivity index (χ0) is 22.0. The first kappa shape index (κ1) is 20.8. The van der Waals surface area contributed by atoms with Crippen molar-refractivity contribution < 1.29 is 24.1 Å². The van der Waals surface area contributed by atoms with E-state index in [0.717, 1.165) is 33.3 Å². The summed E-state index contributed by atoms with van der Waals surface area (Å²) in [5, 5.41) is 12.9. The molecule has 1 N–H and O–H groups in total. The van der Waals surface area contributed by atoms with Gasteiger partial charge in [0.25, 0.3) is 0 Å². The minimum absolute atomic E-state index is 0.135. The summed E-state index contributed by atoms with van der Waals surface area (Å²) in [4.78, 5) is 13.0. The van der Waals surface area contributed by atoms with Gasteiger partial charge >= 0.3 is 5.97 Å². The third kappa shape index (κ3) is 3.82. The molecule has 4 aromatic rings. The van der Waals surface area contributed by atoms with E-state index in [2.05, 4.69) is 4.57 Å². The number of hydrogen-bond donors (Lipinski definition) is 1. The number of benzene rings is 3. The van der Waals surface area contributed by atoms with Gasteiger partial charge in [0.05, 0.1) is 24.8 Å². The maximum Gasteiger partial charge on any atom is 0.340 e. The molecule has 1 heterocycles. The number of phenols is 1. The normalized spacial score (nSPS) is 11.2. The van der Waals surface area contributed by atoms with Crippen LogP contribution in [0.5, 0.6) is 11.5 Å². The first-order valence-corrected chi connectivity index (χ1v) is 10.1. The molecular formula is C25H25NO5. The second kappa shape index (κ2) is 8.70. The molecule has 160 valence electrons. The Bertz CT molecular complexity index is 1240. The molecule has 0 radical (unpaired) electrons. The number of esters is 1. The molecule has 0 aliphatic rings. The fraction of sp³-hybridized carbons (Fsp3) is 0.240. The third-order valence-corrected chi connectivity index (χ3v) is 5.52. The summed E-state index contributed by atoms with van der Waals surface area (Å²) in [6, 6.07) is 17.1. The summed E-state index contributed by atoms with van der Waals surface area (Å²) in [6.45, 7) is 2.96. The minimum Gasteiger partial charge on any atom is -0.507 e. The molecule has 0 saturated heterocycles. The van der Waals surface area contributed by atoms with Crippen LogP contribution in [-0.2, 0) is 16.0 Å². The van der Waals surface area contributed by atoms with Gasteiger partial charge in [0.2, 0.25) is 0 Å². The van der Waals surface area contributed by atoms with E-state index in [1.54, 1.807) is 20.3 Å². The van der Waals surface area contributed by atoms with Gasteiger partial charge in [0, 0.05) is 35.5 Å². The van der Waals surface area contributed by atoms with Crippen LogP contribution in [0.1, 0.15) is 21.6 Å². The van der Waals surface area contributed by atoms with Crippen LogP contribution in [0.25, 0.3) is 21.7 Å². The first-order valence-electron chi connectivity index (χ1n) is 10.1. The highest BCUT2D eigenvalue weighted by molar-refractivity contribution is 6.16. The molecule has 3 aromatic carbocycles. The van der Waals surface area contributed by atoms with Gasteiger partial charge in [-0.25, -0.2) is 4.79 Å². The van der Waals surface area contributed by atoms with Crippen molar-refractivity contribution in [3.8, 4) is 11.5 Å². The van der Waals surface area contributed by atoms with Gasteiger partial charge in [-0.05, 0) is 30.7 Å². The lowest BCUT2D eigenvalue weighted by atomic mass is 10.0. The van der Waals surface area contributed by atoms with Crippen LogP contribution in [0.3, 0.4) is 0 Å². The van der Waals surface area contributed by atoms with E-state index in [9.17, 15) is 9.90 Å². The first-order chi connectivity index (χ1) is 15.0. The van der Waals surface area contributed by atoms with Gasteiger partial charge in [0.1, 0.15) is 18.1 Å². The van der Waals surface area contributed by atoms with Crippen molar-refractivity contribution in [1.29, 1.82) is 0 Å². The number of carbonyl (C=O) groups is 1. The van der Waals surface area contributed by atoms with Crippen LogP contribution >= 0.6 is 0 Å². The molecule has 6 nitrogen and oxygen atoms in total. The van der Waals surface area contributed by atoms with Crippen LogP contribution in [-0.4, -0.2) is 43.1 Å². The van der Waals surface area contributed by atoms with Gasteiger partial charge in [-0.15, -0.1) is 0 Å². The minimum atomic E-state index is -0.428. The van der Waals surface area contributed by atoms with E-state index in [-0.39, 0.29) is 12.4 Å². The van der Waals surface area contributed by atoms with Crippen molar-refractivity contribution >= 4 is 27.6 Å². The van der Waals surface area contributed by atoms with Crippen LogP contribution in [0.2, 0.25) is 0 Å². The highest BCUT2D eigenvalue weighted by Gasteiger charge is 2.24. The number of fused-ring (bicyclic) bond motifs is 3. The largest absolute Gasteiger partial charge is 0.507 e. The number of aromatic hydroxyl groups is 1. The number of phenolic OH excluding ortho intramolecular Hbond substituents is 1. The van der Waals surface area contributed by atoms with E-state index in [4.69, 9.17) is 14.2 Å². The Morgan fingerprint density at radius 2 is 1.68 bits per heavy atom. The molecule has 0 saturated carbocycles. The maximum atomic E-state index is 13.0. The molecule has 0 aliphatic carbocycles. The van der Waals surface area contributed by atoms with E-state index in [1.165, 1.54) is 0 Å². The topological polar surface area (TPSA) is 69.9 Å². The Morgan fingerprint density at radius 3 is 2.35 bits per heavy atom. The number of ether oxygens (including phenoxy) is 3. The van der Waals surface area contributed by atoms with Crippen molar-refractivity contribution in [2.45, 2.75) is 13.5 Å². The average molecular weight is 419 g/mol. The quantitative estimate of drug-likeness (QED) is 0.348. The summed E-state index contributed by atoms with van der Waals surface area (Å²) in [7, 11) is 3.20. The van der Waals surface area contributed by atoms with Crippen LogP contribution in [0.4, 0.5) is 0 Å². The zero-order valence-corrected chi connectivity index (χ0v) is 17.8. The fourth-order valence-corrected chi connectivity index (χ4v) is 3.98. The van der Waals surface area contributed by atoms with Gasteiger partial charge in [-0.1, -0.05) is 36.4 Å².